The van der Waals surface area contributed by atoms with E-state index in [4.69, 9.17) is 11.5 Å². The summed E-state index contributed by atoms with van der Waals surface area (Å²) in [7, 11) is 0. The van der Waals surface area contributed by atoms with Crippen LogP contribution in [-0.4, -0.2) is 12.5 Å². The summed E-state index contributed by atoms with van der Waals surface area (Å²) in [6.07, 6.45) is 7.50. The largest absolute Gasteiger partial charge is 0.397 e. The summed E-state index contributed by atoms with van der Waals surface area (Å²) in [5, 5.41) is 4.66. The Bertz CT molecular complexity index is 524. The maximum atomic E-state index is 11.5. The van der Waals surface area contributed by atoms with E-state index in [0.717, 1.165) is 17.1 Å². The molecule has 110 valence electrons. The summed E-state index contributed by atoms with van der Waals surface area (Å²) in [6.45, 7) is 3.25. The lowest BCUT2D eigenvalue weighted by atomic mass is 9.67. The highest BCUT2D eigenvalue weighted by atomic mass is 32.1. The van der Waals surface area contributed by atoms with E-state index in [2.05, 4.69) is 12.2 Å². The summed E-state index contributed by atoms with van der Waals surface area (Å²) in [5.74, 6) is 0.122. The molecule has 1 amide bonds. The maximum absolute atomic E-state index is 11.5. The van der Waals surface area contributed by atoms with Crippen molar-refractivity contribution in [2.24, 2.45) is 11.1 Å². The first kappa shape index (κ1) is 13.7. The number of amides is 1. The summed E-state index contributed by atoms with van der Waals surface area (Å²) in [5.41, 5.74) is 13.8. The van der Waals surface area contributed by atoms with E-state index in [1.54, 1.807) is 0 Å². The van der Waals surface area contributed by atoms with Gasteiger partial charge in [-0.05, 0) is 43.4 Å². The van der Waals surface area contributed by atoms with Gasteiger partial charge in [-0.2, -0.15) is 0 Å². The van der Waals surface area contributed by atoms with Crippen LogP contribution in [0.1, 0.15) is 66.6 Å². The van der Waals surface area contributed by atoms with E-state index in [0.29, 0.717) is 21.9 Å². The average molecular weight is 293 g/mol. The minimum absolute atomic E-state index is 0.406. The lowest BCUT2D eigenvalue weighted by Gasteiger charge is -2.41. The van der Waals surface area contributed by atoms with Crippen molar-refractivity contribution < 1.29 is 4.79 Å². The van der Waals surface area contributed by atoms with Crippen LogP contribution in [0.3, 0.4) is 0 Å². The molecular weight excluding hydrogens is 270 g/mol. The molecule has 0 atom stereocenters. The summed E-state index contributed by atoms with van der Waals surface area (Å²) in [6, 6.07) is 0. The summed E-state index contributed by atoms with van der Waals surface area (Å²) < 4.78 is 0. The lowest BCUT2D eigenvalue weighted by Crippen LogP contribution is -2.35. The molecule has 5 heteroatoms. The van der Waals surface area contributed by atoms with E-state index >= 15 is 0 Å². The van der Waals surface area contributed by atoms with Crippen molar-refractivity contribution in [3.05, 3.63) is 10.4 Å². The van der Waals surface area contributed by atoms with E-state index < -0.39 is 5.91 Å². The SMILES string of the molecule is CCC1(CNc2sc(C(N)=O)c(N)c2C2CC2)CCC1. The maximum Gasteiger partial charge on any atom is 0.260 e. The molecule has 2 aliphatic rings. The fourth-order valence-corrected chi connectivity index (χ4v) is 4.20. The number of nitrogen functional groups attached to an aromatic ring is 1. The third-order valence-corrected chi connectivity index (χ3v) is 6.17. The third kappa shape index (κ3) is 2.28. The van der Waals surface area contributed by atoms with Gasteiger partial charge >= 0.3 is 0 Å². The number of primary amides is 1. The van der Waals surface area contributed by atoms with Crippen molar-refractivity contribution in [3.8, 4) is 0 Å². The smallest absolute Gasteiger partial charge is 0.260 e. The first-order chi connectivity index (χ1) is 9.56. The van der Waals surface area contributed by atoms with Crippen LogP contribution in [0.25, 0.3) is 0 Å². The third-order valence-electron chi connectivity index (χ3n) is 4.98. The van der Waals surface area contributed by atoms with Crippen molar-refractivity contribution in [1.82, 2.24) is 0 Å². The van der Waals surface area contributed by atoms with E-state index in [9.17, 15) is 4.79 Å². The molecular formula is C15H23N3OS. The second-order valence-electron chi connectivity index (χ2n) is 6.29. The Balaban J connectivity index is 1.81. The van der Waals surface area contributed by atoms with E-state index in [-0.39, 0.29) is 0 Å². The first-order valence-electron chi connectivity index (χ1n) is 7.52. The number of hydrogen-bond donors (Lipinski definition) is 3. The predicted octanol–water partition coefficient (Wildman–Crippen LogP) is 3.30. The van der Waals surface area contributed by atoms with Crippen LogP contribution in [-0.2, 0) is 0 Å². The quantitative estimate of drug-likeness (QED) is 0.752. The monoisotopic (exact) mass is 293 g/mol. The molecule has 0 bridgehead atoms. The van der Waals surface area contributed by atoms with Gasteiger partial charge < -0.3 is 16.8 Å². The topological polar surface area (TPSA) is 81.1 Å². The highest BCUT2D eigenvalue weighted by molar-refractivity contribution is 7.18. The zero-order valence-corrected chi connectivity index (χ0v) is 12.8. The second kappa shape index (κ2) is 4.95. The molecule has 0 saturated heterocycles. The average Bonchev–Trinajstić information content (AvgIpc) is 3.13. The van der Waals surface area contributed by atoms with Crippen LogP contribution in [0.15, 0.2) is 0 Å². The Morgan fingerprint density at radius 1 is 1.45 bits per heavy atom. The molecule has 2 aliphatic carbocycles. The molecule has 4 nitrogen and oxygen atoms in total. The number of anilines is 2. The van der Waals surface area contributed by atoms with Gasteiger partial charge in [-0.15, -0.1) is 11.3 Å². The molecule has 2 fully saturated rings. The number of rotatable bonds is 6. The minimum Gasteiger partial charge on any atom is -0.397 e. The van der Waals surface area contributed by atoms with Crippen molar-refractivity contribution in [3.63, 3.8) is 0 Å². The molecule has 0 radical (unpaired) electrons. The fourth-order valence-electron chi connectivity index (χ4n) is 3.15. The molecule has 0 aromatic carbocycles. The molecule has 0 unspecified atom stereocenters. The van der Waals surface area contributed by atoms with Crippen molar-refractivity contribution in [2.45, 2.75) is 51.4 Å². The van der Waals surface area contributed by atoms with Gasteiger partial charge in [0, 0.05) is 12.1 Å². The Morgan fingerprint density at radius 3 is 2.60 bits per heavy atom. The standard InChI is InChI=1S/C15H23N3OS/c1-2-15(6-3-7-15)8-18-14-10(9-4-5-9)11(16)12(20-14)13(17)19/h9,18H,2-8,16H2,1H3,(H2,17,19). The highest BCUT2D eigenvalue weighted by Crippen LogP contribution is 2.51. The predicted molar refractivity (Wildman–Crippen MR) is 84.3 cm³/mol. The Morgan fingerprint density at radius 2 is 2.15 bits per heavy atom. The fraction of sp³-hybridized carbons (Fsp3) is 0.667. The molecule has 1 heterocycles. The molecule has 0 aliphatic heterocycles. The minimum atomic E-state index is -0.406. The van der Waals surface area contributed by atoms with Crippen LogP contribution in [0.2, 0.25) is 0 Å². The van der Waals surface area contributed by atoms with Gasteiger partial charge in [0.25, 0.3) is 5.91 Å². The van der Waals surface area contributed by atoms with Crippen LogP contribution in [0, 0.1) is 5.41 Å². The Kier molecular flexibility index (Phi) is 3.40. The number of carbonyl (C=O) groups excluding carboxylic acids is 1. The summed E-state index contributed by atoms with van der Waals surface area (Å²) >= 11 is 1.44. The number of hydrogen-bond acceptors (Lipinski definition) is 4. The van der Waals surface area contributed by atoms with Gasteiger partial charge in [-0.25, -0.2) is 0 Å². The van der Waals surface area contributed by atoms with Crippen LogP contribution >= 0.6 is 11.3 Å². The normalized spacial score (nSPS) is 20.4. The number of nitrogens with two attached hydrogens (primary N) is 2. The molecule has 0 spiro atoms. The second-order valence-corrected chi connectivity index (χ2v) is 7.31. The van der Waals surface area contributed by atoms with E-state index in [1.807, 2.05) is 0 Å². The van der Waals surface area contributed by atoms with Gasteiger partial charge in [0.2, 0.25) is 0 Å². The van der Waals surface area contributed by atoms with Crippen LogP contribution in [0.5, 0.6) is 0 Å². The van der Waals surface area contributed by atoms with Gasteiger partial charge in [0.05, 0.1) is 10.7 Å². The summed E-state index contributed by atoms with van der Waals surface area (Å²) in [4.78, 5) is 12.0. The van der Waals surface area contributed by atoms with Crippen LogP contribution in [0.4, 0.5) is 10.7 Å². The molecule has 1 aromatic rings. The van der Waals surface area contributed by atoms with Crippen molar-refractivity contribution in [2.75, 3.05) is 17.6 Å². The number of nitrogens with one attached hydrogen (secondary N) is 1. The van der Waals surface area contributed by atoms with E-state index in [1.165, 1.54) is 49.9 Å². The van der Waals surface area contributed by atoms with Gasteiger partial charge in [0.15, 0.2) is 0 Å². The molecule has 20 heavy (non-hydrogen) atoms. The van der Waals surface area contributed by atoms with Gasteiger partial charge in [-0.1, -0.05) is 13.3 Å². The van der Waals surface area contributed by atoms with Crippen LogP contribution < -0.4 is 16.8 Å². The first-order valence-corrected chi connectivity index (χ1v) is 8.34. The van der Waals surface area contributed by atoms with Gasteiger partial charge in [0.1, 0.15) is 4.88 Å². The molecule has 5 N–H and O–H groups in total. The van der Waals surface area contributed by atoms with Gasteiger partial charge in [-0.3, -0.25) is 4.79 Å². The van der Waals surface area contributed by atoms with Crippen molar-refractivity contribution in [1.29, 1.82) is 0 Å². The Labute approximate surface area is 123 Å². The Hall–Kier alpha value is -1.23. The zero-order chi connectivity index (χ0) is 14.3. The highest BCUT2D eigenvalue weighted by Gasteiger charge is 2.37. The lowest BCUT2D eigenvalue weighted by molar-refractivity contribution is 0.100. The molecule has 2 saturated carbocycles. The number of thiophene rings is 1. The molecule has 1 aromatic heterocycles. The van der Waals surface area contributed by atoms with Crippen molar-refractivity contribution >= 4 is 27.9 Å². The number of carbonyl (C=O) groups is 1. The zero-order valence-electron chi connectivity index (χ0n) is 12.0. The molecule has 3 rings (SSSR count).